The lowest BCUT2D eigenvalue weighted by molar-refractivity contribution is 0.0920. The number of nitrogens with one attached hydrogen (secondary N) is 1. The van der Waals surface area contributed by atoms with Crippen molar-refractivity contribution in [2.24, 2.45) is 0 Å². The monoisotopic (exact) mass is 496 g/mol. The number of fused-ring (bicyclic) bond motifs is 1. The molecule has 1 atom stereocenters. The fraction of sp³-hybridized carbons (Fsp3) is 0.481. The largest absolute Gasteiger partial charge is 0.491 e. The number of halogens is 1. The molecular weight excluding hydrogens is 459 g/mol. The van der Waals surface area contributed by atoms with Crippen molar-refractivity contribution in [1.29, 1.82) is 0 Å². The van der Waals surface area contributed by atoms with E-state index >= 15 is 0 Å². The normalized spacial score (nSPS) is 15.9. The molecule has 1 N–H and O–H groups in total. The fourth-order valence-corrected chi connectivity index (χ4v) is 5.18. The third-order valence-corrected chi connectivity index (χ3v) is 11.6. The minimum atomic E-state index is -2.06. The van der Waals surface area contributed by atoms with Gasteiger partial charge in [-0.25, -0.2) is 14.4 Å². The second-order valence-electron chi connectivity index (χ2n) is 10.7. The van der Waals surface area contributed by atoms with Gasteiger partial charge in [0.1, 0.15) is 31.0 Å². The van der Waals surface area contributed by atoms with Crippen LogP contribution in [0.4, 0.5) is 10.2 Å². The lowest BCUT2D eigenvalue weighted by atomic mass is 10.1. The number of aromatic nitrogens is 2. The molecule has 8 heteroatoms. The van der Waals surface area contributed by atoms with Gasteiger partial charge in [0.25, 0.3) is 0 Å². The Labute approximate surface area is 209 Å². The van der Waals surface area contributed by atoms with Gasteiger partial charge in [0.2, 0.25) is 0 Å². The molecule has 6 nitrogen and oxygen atoms in total. The molecule has 3 aromatic rings. The highest BCUT2D eigenvalue weighted by Gasteiger charge is 2.39. The number of piperazine rings is 1. The van der Waals surface area contributed by atoms with Crippen LogP contribution in [0.25, 0.3) is 22.2 Å². The molecule has 1 aliphatic heterocycles. The van der Waals surface area contributed by atoms with E-state index in [4.69, 9.17) is 14.1 Å². The third kappa shape index (κ3) is 6.18. The Bertz CT molecular complexity index is 1130. The Balaban J connectivity index is 1.42. The number of benzene rings is 1. The summed E-state index contributed by atoms with van der Waals surface area (Å²) in [6.45, 7) is 14.2. The van der Waals surface area contributed by atoms with Crippen LogP contribution in [-0.4, -0.2) is 63.8 Å². The third-order valence-electron chi connectivity index (χ3n) is 7.02. The van der Waals surface area contributed by atoms with Gasteiger partial charge in [-0.2, -0.15) is 0 Å². The van der Waals surface area contributed by atoms with Crippen molar-refractivity contribution in [3.8, 4) is 17.0 Å². The van der Waals surface area contributed by atoms with E-state index in [9.17, 15) is 4.39 Å². The van der Waals surface area contributed by atoms with E-state index < -0.39 is 21.1 Å². The van der Waals surface area contributed by atoms with E-state index in [1.807, 2.05) is 36.5 Å². The van der Waals surface area contributed by atoms with Crippen molar-refractivity contribution in [3.63, 3.8) is 0 Å². The van der Waals surface area contributed by atoms with Crippen LogP contribution in [0.15, 0.2) is 48.7 Å². The molecule has 0 aliphatic carbocycles. The standard InChI is InChI=1S/C27H37FN4O2Si/c1-27(2,3)35(4,5)34-23(17-28)19-33-22-8-10-24-20(16-22)6-9-25(31-24)21-7-11-26(30-18-21)32-14-12-29-13-15-32/h6-11,16,18,23,29H,12-15,17,19H2,1-5H3. The summed E-state index contributed by atoms with van der Waals surface area (Å²) < 4.78 is 25.8. The van der Waals surface area contributed by atoms with E-state index in [0.29, 0.717) is 5.75 Å². The molecule has 2 aromatic heterocycles. The van der Waals surface area contributed by atoms with Crippen molar-refractivity contribution >= 4 is 25.0 Å². The zero-order valence-corrected chi connectivity index (χ0v) is 22.5. The Morgan fingerprint density at radius 2 is 1.86 bits per heavy atom. The molecule has 1 fully saturated rings. The average Bonchev–Trinajstić information content (AvgIpc) is 2.86. The van der Waals surface area contributed by atoms with Crippen molar-refractivity contribution in [3.05, 3.63) is 48.7 Å². The first kappa shape index (κ1) is 25.5. The Hall–Kier alpha value is -2.55. The minimum absolute atomic E-state index is 0.0214. The molecule has 1 aromatic carbocycles. The van der Waals surface area contributed by atoms with E-state index in [1.165, 1.54) is 0 Å². The van der Waals surface area contributed by atoms with Crippen molar-refractivity contribution in [2.75, 3.05) is 44.4 Å². The zero-order chi connectivity index (χ0) is 25.1. The van der Waals surface area contributed by atoms with Crippen molar-refractivity contribution < 1.29 is 13.6 Å². The maximum absolute atomic E-state index is 13.7. The number of hydrogen-bond donors (Lipinski definition) is 1. The molecule has 1 saturated heterocycles. The SMILES string of the molecule is CC(C)(C)[Si](C)(C)OC(CF)COc1ccc2nc(-c3ccc(N4CCNCC4)nc3)ccc2c1. The molecular formula is C27H37FN4O2Si. The molecule has 0 spiro atoms. The number of ether oxygens (including phenoxy) is 1. The molecule has 3 heterocycles. The van der Waals surface area contributed by atoms with Gasteiger partial charge >= 0.3 is 0 Å². The summed E-state index contributed by atoms with van der Waals surface area (Å²) in [5.74, 6) is 1.69. The maximum atomic E-state index is 13.7. The highest BCUT2D eigenvalue weighted by Crippen LogP contribution is 2.37. The van der Waals surface area contributed by atoms with Crippen LogP contribution < -0.4 is 15.0 Å². The van der Waals surface area contributed by atoms with E-state index in [2.05, 4.69) is 61.2 Å². The van der Waals surface area contributed by atoms with E-state index in [0.717, 1.165) is 54.2 Å². The summed E-state index contributed by atoms with van der Waals surface area (Å²) in [5.41, 5.74) is 2.74. The van der Waals surface area contributed by atoms with Gasteiger partial charge in [-0.05, 0) is 54.5 Å². The number of rotatable bonds is 8. The number of nitrogens with zero attached hydrogens (tertiary/aromatic N) is 3. The van der Waals surface area contributed by atoms with Gasteiger partial charge in [0, 0.05) is 43.3 Å². The van der Waals surface area contributed by atoms with Gasteiger partial charge in [-0.15, -0.1) is 0 Å². The predicted octanol–water partition coefficient (Wildman–Crippen LogP) is 5.45. The zero-order valence-electron chi connectivity index (χ0n) is 21.5. The summed E-state index contributed by atoms with van der Waals surface area (Å²) in [5, 5.41) is 4.36. The van der Waals surface area contributed by atoms with Gasteiger partial charge in [-0.1, -0.05) is 26.8 Å². The minimum Gasteiger partial charge on any atom is -0.491 e. The van der Waals surface area contributed by atoms with Crippen LogP contribution in [0.3, 0.4) is 0 Å². The lowest BCUT2D eigenvalue weighted by Gasteiger charge is -2.38. The maximum Gasteiger partial charge on any atom is 0.192 e. The highest BCUT2D eigenvalue weighted by molar-refractivity contribution is 6.74. The number of pyridine rings is 2. The van der Waals surface area contributed by atoms with Crippen molar-refractivity contribution in [1.82, 2.24) is 15.3 Å². The highest BCUT2D eigenvalue weighted by atomic mass is 28.4. The van der Waals surface area contributed by atoms with Gasteiger partial charge in [0.05, 0.1) is 11.2 Å². The summed E-state index contributed by atoms with van der Waals surface area (Å²) in [7, 11) is -2.06. The first-order valence-electron chi connectivity index (χ1n) is 12.4. The second kappa shape index (κ2) is 10.6. The Morgan fingerprint density at radius 1 is 1.09 bits per heavy atom. The summed E-state index contributed by atoms with van der Waals surface area (Å²) in [4.78, 5) is 11.8. The second-order valence-corrected chi connectivity index (χ2v) is 15.4. The smallest absolute Gasteiger partial charge is 0.192 e. The summed E-state index contributed by atoms with van der Waals surface area (Å²) in [6.07, 6.45) is 1.33. The number of anilines is 1. The molecule has 35 heavy (non-hydrogen) atoms. The summed E-state index contributed by atoms with van der Waals surface area (Å²) in [6, 6.07) is 13.9. The van der Waals surface area contributed by atoms with Crippen LogP contribution in [0.2, 0.25) is 18.1 Å². The lowest BCUT2D eigenvalue weighted by Crippen LogP contribution is -2.46. The molecule has 1 aliphatic rings. The predicted molar refractivity (Wildman–Crippen MR) is 144 cm³/mol. The molecule has 4 rings (SSSR count). The Morgan fingerprint density at radius 3 is 2.51 bits per heavy atom. The molecule has 0 saturated carbocycles. The van der Waals surface area contributed by atoms with Crippen LogP contribution >= 0.6 is 0 Å². The first-order valence-corrected chi connectivity index (χ1v) is 15.3. The quantitative estimate of drug-likeness (QED) is 0.419. The molecule has 188 valence electrons. The van der Waals surface area contributed by atoms with Gasteiger partial charge < -0.3 is 19.4 Å². The molecule has 1 unspecified atom stereocenters. The molecule has 0 radical (unpaired) electrons. The van der Waals surface area contributed by atoms with Crippen LogP contribution in [0.5, 0.6) is 5.75 Å². The van der Waals surface area contributed by atoms with Crippen LogP contribution in [0.1, 0.15) is 20.8 Å². The van der Waals surface area contributed by atoms with Gasteiger partial charge in [-0.3, -0.25) is 0 Å². The van der Waals surface area contributed by atoms with E-state index in [-0.39, 0.29) is 11.6 Å². The fourth-order valence-electron chi connectivity index (χ4n) is 3.87. The number of alkyl halides is 1. The topological polar surface area (TPSA) is 59.5 Å². The van der Waals surface area contributed by atoms with Gasteiger partial charge in [0.15, 0.2) is 8.32 Å². The Kier molecular flexibility index (Phi) is 7.73. The first-order chi connectivity index (χ1) is 16.7. The number of hydrogen-bond acceptors (Lipinski definition) is 6. The molecule has 0 bridgehead atoms. The molecule has 0 amide bonds. The summed E-state index contributed by atoms with van der Waals surface area (Å²) >= 11 is 0. The average molecular weight is 497 g/mol. The van der Waals surface area contributed by atoms with Crippen LogP contribution in [0, 0.1) is 0 Å². The van der Waals surface area contributed by atoms with Crippen molar-refractivity contribution in [2.45, 2.75) is 45.0 Å². The van der Waals surface area contributed by atoms with E-state index in [1.54, 1.807) is 0 Å². The van der Waals surface area contributed by atoms with Crippen LogP contribution in [-0.2, 0) is 4.43 Å².